The van der Waals surface area contributed by atoms with E-state index in [4.69, 9.17) is 5.73 Å². The van der Waals surface area contributed by atoms with Gasteiger partial charge in [-0.1, -0.05) is 0 Å². The lowest BCUT2D eigenvalue weighted by Gasteiger charge is -2.17. The Labute approximate surface area is 126 Å². The van der Waals surface area contributed by atoms with E-state index in [9.17, 15) is 13.2 Å². The van der Waals surface area contributed by atoms with Crippen LogP contribution in [0, 0.1) is 5.92 Å². The number of halogens is 1. The largest absolute Gasteiger partial charge is 0.469 e. The molecule has 20 heavy (non-hydrogen) atoms. The number of nitrogen functional groups attached to an aromatic ring is 1. The van der Waals surface area contributed by atoms with Gasteiger partial charge in [0.2, 0.25) is 10.0 Å². The summed E-state index contributed by atoms with van der Waals surface area (Å²) in [5.74, 6) is -0.788. The van der Waals surface area contributed by atoms with Crippen LogP contribution in [0.1, 0.15) is 6.42 Å². The predicted molar refractivity (Wildman–Crippen MR) is 77.4 cm³/mol. The van der Waals surface area contributed by atoms with Crippen LogP contribution in [-0.2, 0) is 19.6 Å². The van der Waals surface area contributed by atoms with Gasteiger partial charge in [-0.2, -0.15) is 4.31 Å². The second-order valence-corrected chi connectivity index (χ2v) is 7.32. The Hall–Kier alpha value is -1.12. The molecule has 1 aliphatic heterocycles. The fraction of sp³-hybridized carbons (Fsp3) is 0.417. The standard InChI is InChI=1S/C12H15BrN2O4S/c1-19-12(16)8-4-5-15(7-8)20(17,18)11-6-9(14)2-3-10(11)13/h2-3,6,8H,4-5,7,14H2,1H3. The first-order chi connectivity index (χ1) is 9.36. The van der Waals surface area contributed by atoms with Crippen LogP contribution < -0.4 is 5.73 Å². The summed E-state index contributed by atoms with van der Waals surface area (Å²) in [5.41, 5.74) is 6.01. The van der Waals surface area contributed by atoms with E-state index in [1.54, 1.807) is 12.1 Å². The van der Waals surface area contributed by atoms with Crippen molar-refractivity contribution in [2.45, 2.75) is 11.3 Å². The zero-order chi connectivity index (χ0) is 14.9. The number of benzene rings is 1. The monoisotopic (exact) mass is 362 g/mol. The van der Waals surface area contributed by atoms with Gasteiger partial charge in [-0.25, -0.2) is 8.42 Å². The fourth-order valence-electron chi connectivity index (χ4n) is 2.16. The summed E-state index contributed by atoms with van der Waals surface area (Å²) in [6.07, 6.45) is 0.464. The Kier molecular flexibility index (Phi) is 4.36. The molecule has 1 saturated heterocycles. The van der Waals surface area contributed by atoms with Gasteiger partial charge < -0.3 is 10.5 Å². The third kappa shape index (κ3) is 2.82. The number of hydrogen-bond donors (Lipinski definition) is 1. The molecule has 6 nitrogen and oxygen atoms in total. The molecule has 1 aromatic carbocycles. The van der Waals surface area contributed by atoms with Gasteiger partial charge in [-0.05, 0) is 40.5 Å². The van der Waals surface area contributed by atoms with Crippen molar-refractivity contribution in [2.24, 2.45) is 5.92 Å². The maximum atomic E-state index is 12.6. The molecule has 0 saturated carbocycles. The molecule has 1 fully saturated rings. The van der Waals surface area contributed by atoms with Gasteiger partial charge in [0.15, 0.2) is 0 Å². The van der Waals surface area contributed by atoms with E-state index in [2.05, 4.69) is 20.7 Å². The Morgan fingerprint density at radius 1 is 1.50 bits per heavy atom. The van der Waals surface area contributed by atoms with Gasteiger partial charge in [0.1, 0.15) is 0 Å². The zero-order valence-electron chi connectivity index (χ0n) is 10.9. The number of rotatable bonds is 3. The van der Waals surface area contributed by atoms with Crippen molar-refractivity contribution in [2.75, 3.05) is 25.9 Å². The minimum Gasteiger partial charge on any atom is -0.469 e. The number of nitrogens with zero attached hydrogens (tertiary/aromatic N) is 1. The number of sulfonamides is 1. The number of methoxy groups -OCH3 is 1. The molecule has 1 aliphatic rings. The smallest absolute Gasteiger partial charge is 0.310 e. The van der Waals surface area contributed by atoms with Gasteiger partial charge in [-0.3, -0.25) is 4.79 Å². The van der Waals surface area contributed by atoms with Crippen LogP contribution in [0.5, 0.6) is 0 Å². The summed E-state index contributed by atoms with van der Waals surface area (Å²) in [7, 11) is -2.37. The van der Waals surface area contributed by atoms with E-state index in [1.165, 1.54) is 17.5 Å². The van der Waals surface area contributed by atoms with E-state index >= 15 is 0 Å². The van der Waals surface area contributed by atoms with Crippen molar-refractivity contribution in [3.8, 4) is 0 Å². The van der Waals surface area contributed by atoms with Gasteiger partial charge in [-0.15, -0.1) is 0 Å². The molecule has 8 heteroatoms. The van der Waals surface area contributed by atoms with E-state index < -0.39 is 15.9 Å². The van der Waals surface area contributed by atoms with Gasteiger partial charge >= 0.3 is 5.97 Å². The number of hydrogen-bond acceptors (Lipinski definition) is 5. The molecule has 0 amide bonds. The van der Waals surface area contributed by atoms with E-state index in [0.717, 1.165) is 0 Å². The molecule has 1 heterocycles. The highest BCUT2D eigenvalue weighted by Gasteiger charge is 2.37. The van der Waals surface area contributed by atoms with Gasteiger partial charge in [0, 0.05) is 23.2 Å². The quantitative estimate of drug-likeness (QED) is 0.644. The van der Waals surface area contributed by atoms with Crippen LogP contribution in [0.3, 0.4) is 0 Å². The number of carbonyl (C=O) groups is 1. The number of esters is 1. The molecule has 0 bridgehead atoms. The molecule has 0 aromatic heterocycles. The molecule has 0 aliphatic carbocycles. The molecular formula is C12H15BrN2O4S. The van der Waals surface area contributed by atoms with E-state index in [-0.39, 0.29) is 17.4 Å². The highest BCUT2D eigenvalue weighted by Crippen LogP contribution is 2.30. The summed E-state index contributed by atoms with van der Waals surface area (Å²) in [6.45, 7) is 0.430. The first-order valence-corrected chi connectivity index (χ1v) is 8.22. The van der Waals surface area contributed by atoms with Crippen molar-refractivity contribution in [3.05, 3.63) is 22.7 Å². The lowest BCUT2D eigenvalue weighted by molar-refractivity contribution is -0.144. The molecule has 1 atom stereocenters. The van der Waals surface area contributed by atoms with Crippen molar-refractivity contribution < 1.29 is 17.9 Å². The van der Waals surface area contributed by atoms with Crippen LogP contribution in [0.15, 0.2) is 27.6 Å². The van der Waals surface area contributed by atoms with Crippen LogP contribution >= 0.6 is 15.9 Å². The SMILES string of the molecule is COC(=O)C1CCN(S(=O)(=O)c2cc(N)ccc2Br)C1. The van der Waals surface area contributed by atoms with Crippen LogP contribution in [0.4, 0.5) is 5.69 Å². The Balaban J connectivity index is 2.28. The van der Waals surface area contributed by atoms with Crippen LogP contribution in [-0.4, -0.2) is 38.9 Å². The third-order valence-electron chi connectivity index (χ3n) is 3.26. The summed E-state index contributed by atoms with van der Waals surface area (Å²) < 4.78 is 31.5. The Morgan fingerprint density at radius 2 is 2.20 bits per heavy atom. The molecule has 1 unspecified atom stereocenters. The molecule has 110 valence electrons. The number of carbonyl (C=O) groups excluding carboxylic acids is 1. The maximum Gasteiger partial charge on any atom is 0.310 e. The normalized spacial score (nSPS) is 20.0. The average Bonchev–Trinajstić information content (AvgIpc) is 2.91. The van der Waals surface area contributed by atoms with E-state index in [0.29, 0.717) is 23.1 Å². The highest BCUT2D eigenvalue weighted by molar-refractivity contribution is 9.10. The van der Waals surface area contributed by atoms with Crippen molar-refractivity contribution in [1.29, 1.82) is 0 Å². The van der Waals surface area contributed by atoms with Crippen molar-refractivity contribution in [1.82, 2.24) is 4.31 Å². The molecule has 2 rings (SSSR count). The average molecular weight is 363 g/mol. The second-order valence-electron chi connectivity index (χ2n) is 4.56. The van der Waals surface area contributed by atoms with E-state index in [1.807, 2.05) is 0 Å². The van der Waals surface area contributed by atoms with Crippen molar-refractivity contribution >= 4 is 37.6 Å². The number of ether oxygens (including phenoxy) is 1. The van der Waals surface area contributed by atoms with Crippen molar-refractivity contribution in [3.63, 3.8) is 0 Å². The summed E-state index contributed by atoms with van der Waals surface area (Å²) in [6, 6.07) is 4.62. The predicted octanol–water partition coefficient (Wildman–Crippen LogP) is 1.21. The first kappa shape index (κ1) is 15.3. The molecular weight excluding hydrogens is 348 g/mol. The summed E-state index contributed by atoms with van der Waals surface area (Å²) in [5, 5.41) is 0. The second kappa shape index (κ2) is 5.71. The lowest BCUT2D eigenvalue weighted by Crippen LogP contribution is -2.30. The Bertz CT molecular complexity index is 632. The van der Waals surface area contributed by atoms with Crippen LogP contribution in [0.2, 0.25) is 0 Å². The lowest BCUT2D eigenvalue weighted by atomic mass is 10.1. The fourth-order valence-corrected chi connectivity index (χ4v) is 4.62. The summed E-state index contributed by atoms with van der Waals surface area (Å²) >= 11 is 3.22. The molecule has 1 aromatic rings. The highest BCUT2D eigenvalue weighted by atomic mass is 79.9. The maximum absolute atomic E-state index is 12.6. The number of nitrogens with two attached hydrogens (primary N) is 1. The molecule has 0 radical (unpaired) electrons. The van der Waals surface area contributed by atoms with Gasteiger partial charge in [0.25, 0.3) is 0 Å². The number of anilines is 1. The minimum absolute atomic E-state index is 0.114. The summed E-state index contributed by atoms with van der Waals surface area (Å²) in [4.78, 5) is 11.6. The Morgan fingerprint density at radius 3 is 2.85 bits per heavy atom. The van der Waals surface area contributed by atoms with Gasteiger partial charge in [0.05, 0.1) is 17.9 Å². The third-order valence-corrected chi connectivity index (χ3v) is 6.12. The van der Waals surface area contributed by atoms with Crippen LogP contribution in [0.25, 0.3) is 0 Å². The first-order valence-electron chi connectivity index (χ1n) is 5.99. The molecule has 0 spiro atoms. The molecule has 2 N–H and O–H groups in total. The topological polar surface area (TPSA) is 89.7 Å². The zero-order valence-corrected chi connectivity index (χ0v) is 13.3. The minimum atomic E-state index is -3.67.